The number of benzene rings is 2. The molecule has 2 N–H and O–H groups in total. The lowest BCUT2D eigenvalue weighted by Gasteiger charge is -2.35. The van der Waals surface area contributed by atoms with Gasteiger partial charge < -0.3 is 20.1 Å². The Morgan fingerprint density at radius 1 is 1.14 bits per heavy atom. The van der Waals surface area contributed by atoms with Gasteiger partial charge in [0.2, 0.25) is 0 Å². The van der Waals surface area contributed by atoms with Gasteiger partial charge in [-0.2, -0.15) is 9.97 Å². The van der Waals surface area contributed by atoms with Gasteiger partial charge >= 0.3 is 6.01 Å². The van der Waals surface area contributed by atoms with Gasteiger partial charge in [-0.25, -0.2) is 8.78 Å². The standard InChI is InChI=1S/C32H34ClF2N5O2/c33-25-12-24-28(27(35)26(25)32(41)10-8-19-4-1-2-5-20(19)13-32)37-30(38-29(24)39-16-22-6-7-23(17-39)36-22)42-18-31-9-3-11-40(31)15-21(34)14-31/h1-2,4-5,8,10,12,21-23,36,41H,3,6-7,9,11,13-18H2/t21-,22?,23?,31-,32?/m1/s1. The number of rotatable bonds is 5. The van der Waals surface area contributed by atoms with Crippen LogP contribution in [0.15, 0.2) is 36.4 Å². The molecule has 2 aromatic carbocycles. The highest BCUT2D eigenvalue weighted by molar-refractivity contribution is 6.32. The number of nitrogens with one attached hydrogen (secondary N) is 1. The van der Waals surface area contributed by atoms with E-state index in [2.05, 4.69) is 20.1 Å². The molecular formula is C32H34ClF2N5O2. The van der Waals surface area contributed by atoms with E-state index in [1.807, 2.05) is 30.3 Å². The molecule has 4 aliphatic heterocycles. The summed E-state index contributed by atoms with van der Waals surface area (Å²) in [5.74, 6) is -0.103. The lowest BCUT2D eigenvalue weighted by molar-refractivity contribution is 0.0856. The molecule has 0 spiro atoms. The number of aliphatic hydroxyl groups is 1. The van der Waals surface area contributed by atoms with Gasteiger partial charge in [0.05, 0.1) is 10.6 Å². The van der Waals surface area contributed by atoms with Crippen LogP contribution in [0.5, 0.6) is 6.01 Å². The van der Waals surface area contributed by atoms with Gasteiger partial charge in [-0.3, -0.25) is 4.90 Å². The van der Waals surface area contributed by atoms with Crippen LogP contribution in [-0.4, -0.2) is 76.6 Å². The number of halogens is 3. The molecule has 7 nitrogen and oxygen atoms in total. The van der Waals surface area contributed by atoms with E-state index in [0.717, 1.165) is 56.4 Å². The van der Waals surface area contributed by atoms with Crippen LogP contribution in [-0.2, 0) is 12.0 Å². The maximum absolute atomic E-state index is 16.7. The molecule has 0 amide bonds. The fourth-order valence-electron chi connectivity index (χ4n) is 8.09. The number of nitrogens with zero attached hydrogens (tertiary/aromatic N) is 4. The third-order valence-corrected chi connectivity index (χ3v) is 10.4. The molecule has 5 heterocycles. The predicted molar refractivity (Wildman–Crippen MR) is 158 cm³/mol. The monoisotopic (exact) mass is 593 g/mol. The van der Waals surface area contributed by atoms with Crippen molar-refractivity contribution in [1.29, 1.82) is 0 Å². The Morgan fingerprint density at radius 2 is 1.95 bits per heavy atom. The molecule has 1 aromatic heterocycles. The average Bonchev–Trinajstić information content (AvgIpc) is 3.62. The van der Waals surface area contributed by atoms with Crippen molar-refractivity contribution in [1.82, 2.24) is 20.2 Å². The highest BCUT2D eigenvalue weighted by Gasteiger charge is 2.49. The van der Waals surface area contributed by atoms with Gasteiger partial charge in [-0.05, 0) is 55.5 Å². The first-order chi connectivity index (χ1) is 20.3. The van der Waals surface area contributed by atoms with Crippen LogP contribution in [0, 0.1) is 5.82 Å². The number of fused-ring (bicyclic) bond motifs is 5. The summed E-state index contributed by atoms with van der Waals surface area (Å²) in [6, 6.07) is 10.1. The van der Waals surface area contributed by atoms with Gasteiger partial charge in [0, 0.05) is 55.5 Å². The Hall–Kier alpha value is -2.85. The van der Waals surface area contributed by atoms with E-state index in [4.69, 9.17) is 21.3 Å². The molecule has 2 bridgehead atoms. The molecule has 4 saturated heterocycles. The van der Waals surface area contributed by atoms with Gasteiger partial charge in [0.25, 0.3) is 0 Å². The van der Waals surface area contributed by atoms with Crippen molar-refractivity contribution in [2.75, 3.05) is 37.7 Å². The zero-order valence-electron chi connectivity index (χ0n) is 23.3. The van der Waals surface area contributed by atoms with Crippen molar-refractivity contribution in [3.05, 3.63) is 63.9 Å². The molecule has 1 aliphatic carbocycles. The lowest BCUT2D eigenvalue weighted by atomic mass is 9.80. The maximum atomic E-state index is 16.7. The van der Waals surface area contributed by atoms with Crippen molar-refractivity contribution in [2.24, 2.45) is 0 Å². The van der Waals surface area contributed by atoms with Crippen LogP contribution in [0.2, 0.25) is 5.02 Å². The SMILES string of the molecule is OC1(c2c(Cl)cc3c(N4CC5CCC(C4)N5)nc(OC[C@]45CCCN4C[C@H](F)C5)nc3c2F)C=Cc2ccccc2C1. The van der Waals surface area contributed by atoms with Crippen molar-refractivity contribution in [2.45, 2.75) is 67.9 Å². The number of hydrogen-bond donors (Lipinski definition) is 2. The number of alkyl halides is 1. The average molecular weight is 594 g/mol. The number of anilines is 1. The first-order valence-corrected chi connectivity index (χ1v) is 15.4. The Balaban J connectivity index is 1.22. The minimum Gasteiger partial charge on any atom is -0.461 e. The normalized spacial score (nSPS) is 32.0. The van der Waals surface area contributed by atoms with Gasteiger partial charge in [-0.1, -0.05) is 41.9 Å². The Bertz CT molecular complexity index is 1590. The number of hydrogen-bond acceptors (Lipinski definition) is 7. The topological polar surface area (TPSA) is 73.8 Å². The van der Waals surface area contributed by atoms with Crippen molar-refractivity contribution >= 4 is 34.4 Å². The summed E-state index contributed by atoms with van der Waals surface area (Å²) < 4.78 is 37.4. The molecule has 4 fully saturated rings. The summed E-state index contributed by atoms with van der Waals surface area (Å²) >= 11 is 6.81. The van der Waals surface area contributed by atoms with E-state index in [1.54, 1.807) is 12.1 Å². The second-order valence-electron chi connectivity index (χ2n) is 12.8. The van der Waals surface area contributed by atoms with E-state index in [1.165, 1.54) is 0 Å². The predicted octanol–water partition coefficient (Wildman–Crippen LogP) is 4.78. The second kappa shape index (κ2) is 9.84. The maximum Gasteiger partial charge on any atom is 0.319 e. The second-order valence-corrected chi connectivity index (χ2v) is 13.2. The molecule has 5 aliphatic rings. The Labute approximate surface area is 248 Å². The molecule has 0 saturated carbocycles. The smallest absolute Gasteiger partial charge is 0.319 e. The summed E-state index contributed by atoms with van der Waals surface area (Å²) in [6.45, 7) is 2.98. The molecule has 3 unspecified atom stereocenters. The summed E-state index contributed by atoms with van der Waals surface area (Å²) in [5, 5.41) is 16.1. The van der Waals surface area contributed by atoms with Crippen LogP contribution >= 0.6 is 11.6 Å². The van der Waals surface area contributed by atoms with Crippen LogP contribution in [0.1, 0.15) is 48.8 Å². The van der Waals surface area contributed by atoms with Gasteiger partial charge in [0.1, 0.15) is 29.7 Å². The Morgan fingerprint density at radius 3 is 2.79 bits per heavy atom. The van der Waals surface area contributed by atoms with Crippen LogP contribution in [0.4, 0.5) is 14.6 Å². The van der Waals surface area contributed by atoms with Crippen molar-refractivity contribution in [3.63, 3.8) is 0 Å². The van der Waals surface area contributed by atoms with Crippen LogP contribution in [0.25, 0.3) is 17.0 Å². The minimum atomic E-state index is -1.65. The molecule has 8 rings (SSSR count). The highest BCUT2D eigenvalue weighted by Crippen LogP contribution is 2.44. The minimum absolute atomic E-state index is 0.00461. The summed E-state index contributed by atoms with van der Waals surface area (Å²) in [4.78, 5) is 13.8. The third-order valence-electron chi connectivity index (χ3n) is 10.1. The quantitative estimate of drug-likeness (QED) is 0.441. The summed E-state index contributed by atoms with van der Waals surface area (Å²) in [6.07, 6.45) is 7.15. The van der Waals surface area contributed by atoms with E-state index < -0.39 is 17.6 Å². The summed E-state index contributed by atoms with van der Waals surface area (Å²) in [5.41, 5.74) is -0.0781. The number of ether oxygens (including phenoxy) is 1. The van der Waals surface area contributed by atoms with E-state index in [9.17, 15) is 9.50 Å². The first-order valence-electron chi connectivity index (χ1n) is 15.0. The fourth-order valence-corrected chi connectivity index (χ4v) is 8.44. The molecule has 5 atom stereocenters. The van der Waals surface area contributed by atoms with Crippen molar-refractivity contribution in [3.8, 4) is 6.01 Å². The third kappa shape index (κ3) is 4.31. The van der Waals surface area contributed by atoms with E-state index in [0.29, 0.717) is 36.3 Å². The highest BCUT2D eigenvalue weighted by atomic mass is 35.5. The van der Waals surface area contributed by atoms with Crippen LogP contribution in [0.3, 0.4) is 0 Å². The van der Waals surface area contributed by atoms with E-state index >= 15 is 4.39 Å². The number of aromatic nitrogens is 2. The van der Waals surface area contributed by atoms with Crippen LogP contribution < -0.4 is 15.0 Å². The zero-order chi connectivity index (χ0) is 28.6. The zero-order valence-corrected chi connectivity index (χ0v) is 24.1. The molecule has 3 aromatic rings. The molecule has 0 radical (unpaired) electrons. The first kappa shape index (κ1) is 26.8. The van der Waals surface area contributed by atoms with E-state index in [-0.39, 0.29) is 40.7 Å². The largest absolute Gasteiger partial charge is 0.461 e. The molecular weight excluding hydrogens is 560 g/mol. The molecule has 42 heavy (non-hydrogen) atoms. The molecule has 220 valence electrons. The fraction of sp³-hybridized carbons (Fsp3) is 0.500. The number of piperazine rings is 1. The van der Waals surface area contributed by atoms with Gasteiger partial charge in [-0.15, -0.1) is 0 Å². The molecule has 10 heteroatoms. The summed E-state index contributed by atoms with van der Waals surface area (Å²) in [7, 11) is 0. The van der Waals surface area contributed by atoms with Crippen molar-refractivity contribution < 1.29 is 18.6 Å². The lowest BCUT2D eigenvalue weighted by Crippen LogP contribution is -2.51. The van der Waals surface area contributed by atoms with Gasteiger partial charge in [0.15, 0.2) is 5.82 Å². The Kier molecular flexibility index (Phi) is 6.27.